The molecular weight excluding hydrogens is 511 g/mol. The van der Waals surface area contributed by atoms with E-state index in [2.05, 4.69) is 18.1 Å². The van der Waals surface area contributed by atoms with Crippen LogP contribution in [-0.4, -0.2) is 69.4 Å². The first-order chi connectivity index (χ1) is 14.1. The summed E-state index contributed by atoms with van der Waals surface area (Å²) in [5, 5.41) is 29.6. The quantitative estimate of drug-likeness (QED) is 0.136. The molecule has 1 fully saturated rings. The average Bonchev–Trinajstić information content (AvgIpc) is 2.85. The SMILES string of the molecule is Nc1nc(=S)n([C@@H]2O[C@H](COP(=O)(O)OP(=O)(O)OP(=O)(O)O)[C@H](O)C2O)cc1CO. The zero-order valence-corrected chi connectivity index (χ0v) is 18.5. The van der Waals surface area contributed by atoms with Gasteiger partial charge in [-0.1, -0.05) is 0 Å². The van der Waals surface area contributed by atoms with Gasteiger partial charge >= 0.3 is 23.5 Å². The Hall–Kier alpha value is -0.650. The van der Waals surface area contributed by atoms with Crippen LogP contribution >= 0.6 is 35.7 Å². The molecule has 0 saturated carbocycles. The second-order valence-electron chi connectivity index (χ2n) is 5.93. The molecule has 0 aromatic carbocycles. The van der Waals surface area contributed by atoms with Crippen LogP contribution in [0.3, 0.4) is 0 Å². The number of phosphoric acid groups is 3. The van der Waals surface area contributed by atoms with Gasteiger partial charge in [-0.05, 0) is 12.2 Å². The number of phosphoric ester groups is 1. The standard InChI is InChI=1S/C10H18N3O14P3S/c11-8-4(2-14)1-13(10(31)12-8)9-7(16)6(15)5(25-9)3-24-29(20,21)27-30(22,23)26-28(17,18)19/h1,5-7,9,14-16H,2-3H2,(H,20,21)(H,22,23)(H2,11,12,31)(H2,17,18,19)/t5-,6+,7?,9-/m1/s1. The van der Waals surface area contributed by atoms with Gasteiger partial charge in [-0.25, -0.2) is 18.7 Å². The molecule has 1 saturated heterocycles. The van der Waals surface area contributed by atoms with Crippen molar-refractivity contribution in [1.82, 2.24) is 9.55 Å². The Morgan fingerprint density at radius 2 is 1.74 bits per heavy atom. The molecule has 0 spiro atoms. The van der Waals surface area contributed by atoms with Crippen LogP contribution in [0.25, 0.3) is 0 Å². The van der Waals surface area contributed by atoms with Crippen molar-refractivity contribution in [2.24, 2.45) is 0 Å². The van der Waals surface area contributed by atoms with Crippen LogP contribution in [0.15, 0.2) is 6.20 Å². The highest BCUT2D eigenvalue weighted by Gasteiger charge is 2.46. The summed E-state index contributed by atoms with van der Waals surface area (Å²) in [7, 11) is -16.7. The van der Waals surface area contributed by atoms with E-state index in [1.54, 1.807) is 0 Å². The van der Waals surface area contributed by atoms with Gasteiger partial charge in [0, 0.05) is 11.8 Å². The van der Waals surface area contributed by atoms with E-state index in [4.69, 9.17) is 37.4 Å². The lowest BCUT2D eigenvalue weighted by Gasteiger charge is -2.20. The number of aliphatic hydroxyl groups is 3. The van der Waals surface area contributed by atoms with E-state index < -0.39 is 61.2 Å². The number of aliphatic hydroxyl groups excluding tert-OH is 3. The van der Waals surface area contributed by atoms with Crippen molar-refractivity contribution in [3.05, 3.63) is 16.5 Å². The molecule has 0 bridgehead atoms. The molecule has 178 valence electrons. The predicted octanol–water partition coefficient (Wildman–Crippen LogP) is -1.35. The van der Waals surface area contributed by atoms with Crippen LogP contribution in [0.5, 0.6) is 0 Å². The number of hydrogen-bond acceptors (Lipinski definition) is 13. The lowest BCUT2D eigenvalue weighted by atomic mass is 10.1. The van der Waals surface area contributed by atoms with Crippen molar-refractivity contribution in [2.75, 3.05) is 12.3 Å². The molecule has 0 amide bonds. The Bertz CT molecular complexity index is 1010. The highest BCUT2D eigenvalue weighted by Crippen LogP contribution is 2.66. The number of nitrogens with zero attached hydrogens (tertiary/aromatic N) is 2. The first-order valence-corrected chi connectivity index (χ1v) is 12.8. The zero-order valence-electron chi connectivity index (χ0n) is 15.0. The Balaban J connectivity index is 2.11. The fraction of sp³-hybridized carbons (Fsp3) is 0.600. The average molecular weight is 529 g/mol. The van der Waals surface area contributed by atoms with Gasteiger partial charge in [0.1, 0.15) is 24.1 Å². The minimum atomic E-state index is -5.72. The monoisotopic (exact) mass is 529 g/mol. The van der Waals surface area contributed by atoms with E-state index in [0.717, 1.165) is 4.57 Å². The largest absolute Gasteiger partial charge is 0.490 e. The summed E-state index contributed by atoms with van der Waals surface area (Å²) in [5.41, 5.74) is 5.69. The predicted molar refractivity (Wildman–Crippen MR) is 99.1 cm³/mol. The van der Waals surface area contributed by atoms with E-state index in [1.165, 1.54) is 6.20 Å². The van der Waals surface area contributed by atoms with Gasteiger partial charge in [0.25, 0.3) is 0 Å². The highest BCUT2D eigenvalue weighted by molar-refractivity contribution is 7.71. The van der Waals surface area contributed by atoms with E-state index in [-0.39, 0.29) is 16.2 Å². The maximum Gasteiger partial charge on any atom is 0.490 e. The van der Waals surface area contributed by atoms with Crippen molar-refractivity contribution >= 4 is 41.5 Å². The van der Waals surface area contributed by atoms with Crippen molar-refractivity contribution in [1.29, 1.82) is 0 Å². The van der Waals surface area contributed by atoms with Gasteiger partial charge in [-0.15, -0.1) is 0 Å². The molecule has 9 N–H and O–H groups in total. The molecule has 21 heteroatoms. The molecule has 1 aromatic heterocycles. The van der Waals surface area contributed by atoms with Crippen molar-refractivity contribution in [3.8, 4) is 0 Å². The van der Waals surface area contributed by atoms with Crippen LogP contribution in [0, 0.1) is 4.77 Å². The minimum absolute atomic E-state index is 0.0824. The molecule has 1 aliphatic heterocycles. The zero-order chi connectivity index (χ0) is 23.8. The number of anilines is 1. The number of nitrogen functional groups attached to an aromatic ring is 1. The Kier molecular flexibility index (Phi) is 8.31. The van der Waals surface area contributed by atoms with Crippen molar-refractivity contribution in [2.45, 2.75) is 31.1 Å². The van der Waals surface area contributed by atoms with E-state index in [9.17, 15) is 33.9 Å². The topological polar surface area (TPSA) is 274 Å². The van der Waals surface area contributed by atoms with Gasteiger partial charge in [0.15, 0.2) is 6.23 Å². The number of hydrogen-bond donors (Lipinski definition) is 8. The molecule has 0 aliphatic carbocycles. The first kappa shape index (κ1) is 26.6. The first-order valence-electron chi connectivity index (χ1n) is 7.83. The maximum atomic E-state index is 11.8. The number of nitrogens with two attached hydrogens (primary N) is 1. The molecule has 3 unspecified atom stereocenters. The van der Waals surface area contributed by atoms with Crippen LogP contribution < -0.4 is 5.73 Å². The molecule has 31 heavy (non-hydrogen) atoms. The lowest BCUT2D eigenvalue weighted by Crippen LogP contribution is -2.33. The van der Waals surface area contributed by atoms with Gasteiger partial charge in [-0.3, -0.25) is 9.09 Å². The summed E-state index contributed by atoms with van der Waals surface area (Å²) in [6.45, 7) is -1.53. The smallest absolute Gasteiger partial charge is 0.391 e. The maximum absolute atomic E-state index is 11.8. The van der Waals surface area contributed by atoms with Gasteiger partial charge in [0.05, 0.1) is 13.2 Å². The number of rotatable bonds is 9. The molecule has 6 atom stereocenters. The second-order valence-corrected chi connectivity index (χ2v) is 10.7. The fourth-order valence-electron chi connectivity index (χ4n) is 2.39. The summed E-state index contributed by atoms with van der Waals surface area (Å²) < 4.78 is 51.3. The third-order valence-corrected chi connectivity index (χ3v) is 7.77. The van der Waals surface area contributed by atoms with E-state index >= 15 is 0 Å². The van der Waals surface area contributed by atoms with Crippen LogP contribution in [0.4, 0.5) is 5.82 Å². The number of aromatic nitrogens is 2. The Morgan fingerprint density at radius 1 is 1.13 bits per heavy atom. The van der Waals surface area contributed by atoms with Gasteiger partial charge in [-0.2, -0.15) is 8.62 Å². The lowest BCUT2D eigenvalue weighted by molar-refractivity contribution is -0.0534. The Labute approximate surface area is 178 Å². The summed E-state index contributed by atoms with van der Waals surface area (Å²) in [6, 6.07) is 0. The van der Waals surface area contributed by atoms with Crippen LogP contribution in [-0.2, 0) is 38.2 Å². The molecule has 1 aromatic rings. The third kappa shape index (κ3) is 7.17. The second kappa shape index (κ2) is 9.69. The van der Waals surface area contributed by atoms with E-state index in [0.29, 0.717) is 0 Å². The summed E-state index contributed by atoms with van der Waals surface area (Å²) in [6.07, 6.45) is -5.10. The minimum Gasteiger partial charge on any atom is -0.391 e. The normalized spacial score (nSPS) is 28.2. The van der Waals surface area contributed by atoms with E-state index in [1.807, 2.05) is 0 Å². The molecular formula is C10H18N3O14P3S. The summed E-state index contributed by atoms with van der Waals surface area (Å²) in [5.74, 6) is -0.0824. The molecule has 17 nitrogen and oxygen atoms in total. The van der Waals surface area contributed by atoms with Crippen LogP contribution in [0.2, 0.25) is 0 Å². The highest BCUT2D eigenvalue weighted by atomic mass is 32.1. The fourth-order valence-corrected chi connectivity index (χ4v) is 5.68. The summed E-state index contributed by atoms with van der Waals surface area (Å²) >= 11 is 4.99. The summed E-state index contributed by atoms with van der Waals surface area (Å²) in [4.78, 5) is 39.3. The molecule has 2 rings (SSSR count). The van der Waals surface area contributed by atoms with Gasteiger partial charge < -0.3 is 45.4 Å². The third-order valence-electron chi connectivity index (χ3n) is 3.66. The molecule has 1 aliphatic rings. The van der Waals surface area contributed by atoms with Crippen LogP contribution in [0.1, 0.15) is 11.8 Å². The molecule has 0 radical (unpaired) electrons. The van der Waals surface area contributed by atoms with Crippen molar-refractivity contribution < 1.29 is 66.5 Å². The Morgan fingerprint density at radius 3 is 2.29 bits per heavy atom. The van der Waals surface area contributed by atoms with Crippen molar-refractivity contribution in [3.63, 3.8) is 0 Å². The van der Waals surface area contributed by atoms with Gasteiger partial charge in [0.2, 0.25) is 4.77 Å². The molecule has 2 heterocycles. The number of ether oxygens (including phenoxy) is 1.